The number of aryl methyl sites for hydroxylation is 1. The minimum atomic E-state index is -0.902. The molecule has 48 heavy (non-hydrogen) atoms. The van der Waals surface area contributed by atoms with Crippen LogP contribution in [0.2, 0.25) is 0 Å². The van der Waals surface area contributed by atoms with E-state index < -0.39 is 41.3 Å². The van der Waals surface area contributed by atoms with E-state index in [9.17, 15) is 23.6 Å². The van der Waals surface area contributed by atoms with Crippen LogP contribution in [0.5, 0.6) is 0 Å². The zero-order valence-electron chi connectivity index (χ0n) is 28.3. The lowest BCUT2D eigenvalue weighted by atomic mass is 9.80. The fraction of sp³-hybridized carbons (Fsp3) is 0.472. The largest absolute Gasteiger partial charge is 0.344 e. The van der Waals surface area contributed by atoms with Gasteiger partial charge in [0.15, 0.2) is 5.78 Å². The maximum Gasteiger partial charge on any atom is 0.245 e. The Morgan fingerprint density at radius 2 is 1.58 bits per heavy atom. The van der Waals surface area contributed by atoms with Gasteiger partial charge in [-0.15, -0.1) is 0 Å². The molecule has 10 nitrogen and oxygen atoms in total. The number of nitrogens with zero attached hydrogens (tertiary/aromatic N) is 4. The van der Waals surface area contributed by atoms with E-state index in [-0.39, 0.29) is 36.1 Å². The normalized spacial score (nSPS) is 16.1. The molecular weight excluding hydrogens is 618 g/mol. The predicted molar refractivity (Wildman–Crippen MR) is 180 cm³/mol. The Kier molecular flexibility index (Phi) is 12.6. The molecule has 2 unspecified atom stereocenters. The Labute approximate surface area is 280 Å². The molecule has 4 atom stereocenters. The third-order valence-corrected chi connectivity index (χ3v) is 9.26. The summed E-state index contributed by atoms with van der Waals surface area (Å²) in [6, 6.07) is 10.8. The number of likely N-dealkylation sites (N-methyl/N-ethyl adjacent to an activating group) is 1. The second-order valence-electron chi connectivity index (χ2n) is 12.4. The zero-order valence-corrected chi connectivity index (χ0v) is 28.3. The lowest BCUT2D eigenvalue weighted by molar-refractivity contribution is -0.138. The number of hydrogen-bond acceptors (Lipinski definition) is 6. The van der Waals surface area contributed by atoms with Crippen LogP contribution >= 0.6 is 0 Å². The summed E-state index contributed by atoms with van der Waals surface area (Å²) in [6.45, 7) is 10.2. The summed E-state index contributed by atoms with van der Waals surface area (Å²) in [5.41, 5.74) is 1.45. The Morgan fingerprint density at radius 1 is 0.917 bits per heavy atom. The van der Waals surface area contributed by atoms with Gasteiger partial charge in [-0.05, 0) is 67.8 Å². The molecule has 0 saturated carbocycles. The number of Topliss-reactive ketones (excluding diaryl/α,β-unsaturated/α-hetero) is 1. The molecule has 1 aliphatic rings. The van der Waals surface area contributed by atoms with Crippen LogP contribution in [0.1, 0.15) is 80.4 Å². The number of nitrogens with one attached hydrogen (secondary N) is 2. The third-order valence-electron chi connectivity index (χ3n) is 9.26. The van der Waals surface area contributed by atoms with Crippen LogP contribution in [0.15, 0.2) is 54.7 Å². The van der Waals surface area contributed by atoms with Gasteiger partial charge in [-0.1, -0.05) is 39.0 Å². The molecule has 3 amide bonds. The molecular formula is C36H46F2N6O4. The van der Waals surface area contributed by atoms with Crippen LogP contribution in [0.25, 0.3) is 0 Å². The summed E-state index contributed by atoms with van der Waals surface area (Å²) in [7, 11) is 1.98. The average molecular weight is 665 g/mol. The highest BCUT2D eigenvalue weighted by molar-refractivity contribution is 6.00. The number of piperazine rings is 1. The number of benzene rings is 2. The highest BCUT2D eigenvalue weighted by atomic mass is 19.1. The molecule has 1 aromatic heterocycles. The SMILES string of the molecule is CCC(=O)N[C@@H](C(=O)N1CCN(C)CC1)[C@@H](C)c1ccc(NC(=O)C(CC(=O)c2ccnn2CC)C(CC)c2ccc(F)cc2)c(F)c1. The van der Waals surface area contributed by atoms with Gasteiger partial charge in [-0.2, -0.15) is 5.10 Å². The molecule has 12 heteroatoms. The van der Waals surface area contributed by atoms with Gasteiger partial charge < -0.3 is 20.4 Å². The molecule has 4 rings (SSSR count). The molecule has 1 aliphatic heterocycles. The number of ketones is 1. The molecule has 2 aromatic carbocycles. The van der Waals surface area contributed by atoms with Crippen molar-refractivity contribution in [1.82, 2.24) is 24.9 Å². The summed E-state index contributed by atoms with van der Waals surface area (Å²) in [4.78, 5) is 57.2. The van der Waals surface area contributed by atoms with E-state index in [0.717, 1.165) is 0 Å². The standard InChI is InChI=1S/C36H46F2N6O4/c1-6-27(24-9-12-26(37)13-10-24)28(22-32(45)31-15-16-39-44(31)8-3)35(47)40-30-14-11-25(21-29(30)38)23(4)34(41-33(46)7-2)36(48)43-19-17-42(5)18-20-43/h9-16,21,23,27-28,34H,6-8,17-20,22H2,1-5H3,(H,40,47)(H,41,46)/t23-,27?,28?,34+/m0/s1. The van der Waals surface area contributed by atoms with Gasteiger partial charge in [0.25, 0.3) is 0 Å². The minimum Gasteiger partial charge on any atom is -0.344 e. The van der Waals surface area contributed by atoms with Crippen molar-refractivity contribution in [1.29, 1.82) is 0 Å². The van der Waals surface area contributed by atoms with Crippen LogP contribution in [0.3, 0.4) is 0 Å². The first-order valence-corrected chi connectivity index (χ1v) is 16.6. The van der Waals surface area contributed by atoms with Crippen LogP contribution in [-0.4, -0.2) is 82.4 Å². The average Bonchev–Trinajstić information content (AvgIpc) is 3.57. The number of rotatable bonds is 14. The minimum absolute atomic E-state index is 0.0829. The molecule has 0 aliphatic carbocycles. The molecule has 258 valence electrons. The molecule has 2 N–H and O–H groups in total. The number of carbonyl (C=O) groups is 4. The van der Waals surface area contributed by atoms with Crippen LogP contribution < -0.4 is 10.6 Å². The summed E-state index contributed by atoms with van der Waals surface area (Å²) >= 11 is 0. The first-order valence-electron chi connectivity index (χ1n) is 16.6. The van der Waals surface area contributed by atoms with E-state index in [1.807, 2.05) is 20.9 Å². The fourth-order valence-corrected chi connectivity index (χ4v) is 6.24. The molecule has 3 aromatic rings. The quantitative estimate of drug-likeness (QED) is 0.235. The van der Waals surface area contributed by atoms with Crippen LogP contribution in [-0.2, 0) is 20.9 Å². The molecule has 0 bridgehead atoms. The van der Waals surface area contributed by atoms with Crippen molar-refractivity contribution in [2.24, 2.45) is 5.92 Å². The lowest BCUT2D eigenvalue weighted by Gasteiger charge is -2.36. The monoisotopic (exact) mass is 664 g/mol. The summed E-state index contributed by atoms with van der Waals surface area (Å²) in [5, 5.41) is 9.69. The van der Waals surface area contributed by atoms with E-state index in [4.69, 9.17) is 0 Å². The number of anilines is 1. The van der Waals surface area contributed by atoms with Gasteiger partial charge in [-0.3, -0.25) is 23.9 Å². The summed E-state index contributed by atoms with van der Waals surface area (Å²) in [5.74, 6) is -4.42. The second kappa shape index (κ2) is 16.6. The van der Waals surface area contributed by atoms with Crippen molar-refractivity contribution >= 4 is 29.2 Å². The Morgan fingerprint density at radius 3 is 2.19 bits per heavy atom. The third kappa shape index (κ3) is 8.71. The second-order valence-corrected chi connectivity index (χ2v) is 12.4. The van der Waals surface area contributed by atoms with Crippen molar-refractivity contribution in [2.45, 2.75) is 71.4 Å². The summed E-state index contributed by atoms with van der Waals surface area (Å²) < 4.78 is 31.1. The first kappa shape index (κ1) is 36.4. The number of carbonyl (C=O) groups excluding carboxylic acids is 4. The first-order chi connectivity index (χ1) is 23.0. The van der Waals surface area contributed by atoms with Crippen LogP contribution in [0.4, 0.5) is 14.5 Å². The van der Waals surface area contributed by atoms with Gasteiger partial charge in [-0.25, -0.2) is 8.78 Å². The Balaban J connectivity index is 1.59. The Hall–Kier alpha value is -4.45. The van der Waals surface area contributed by atoms with Gasteiger partial charge >= 0.3 is 0 Å². The molecule has 2 heterocycles. The summed E-state index contributed by atoms with van der Waals surface area (Å²) in [6.07, 6.45) is 2.02. The maximum absolute atomic E-state index is 15.7. The van der Waals surface area contributed by atoms with Crippen LogP contribution in [0, 0.1) is 17.6 Å². The Bertz CT molecular complexity index is 1590. The maximum atomic E-state index is 15.7. The highest BCUT2D eigenvalue weighted by Crippen LogP contribution is 2.34. The molecule has 0 radical (unpaired) electrons. The van der Waals surface area contributed by atoms with Crippen molar-refractivity contribution in [3.63, 3.8) is 0 Å². The van der Waals surface area contributed by atoms with E-state index >= 15 is 4.39 Å². The fourth-order valence-electron chi connectivity index (χ4n) is 6.24. The number of hydrogen-bond donors (Lipinski definition) is 2. The molecule has 1 fully saturated rings. The van der Waals surface area contributed by atoms with Gasteiger partial charge in [0.2, 0.25) is 17.7 Å². The number of aromatic nitrogens is 2. The molecule has 1 saturated heterocycles. The number of amides is 3. The lowest BCUT2D eigenvalue weighted by Crippen LogP contribution is -2.55. The van der Waals surface area contributed by atoms with Crippen molar-refractivity contribution in [3.8, 4) is 0 Å². The number of halogens is 2. The zero-order chi connectivity index (χ0) is 35.0. The predicted octanol–water partition coefficient (Wildman–Crippen LogP) is 4.98. The highest BCUT2D eigenvalue weighted by Gasteiger charge is 2.34. The van der Waals surface area contributed by atoms with Crippen molar-refractivity contribution in [3.05, 3.63) is 83.2 Å². The van der Waals surface area contributed by atoms with Crippen molar-refractivity contribution in [2.75, 3.05) is 38.5 Å². The van der Waals surface area contributed by atoms with Gasteiger partial charge in [0.05, 0.1) is 11.6 Å². The molecule has 0 spiro atoms. The van der Waals surface area contributed by atoms with E-state index in [1.54, 1.807) is 47.7 Å². The topological polar surface area (TPSA) is 117 Å². The van der Waals surface area contributed by atoms with E-state index in [1.165, 1.54) is 30.5 Å². The van der Waals surface area contributed by atoms with E-state index in [0.29, 0.717) is 56.0 Å². The smallest absolute Gasteiger partial charge is 0.245 e. The van der Waals surface area contributed by atoms with Crippen molar-refractivity contribution < 1.29 is 28.0 Å². The van der Waals surface area contributed by atoms with Gasteiger partial charge in [0, 0.05) is 57.7 Å². The van der Waals surface area contributed by atoms with E-state index in [2.05, 4.69) is 20.6 Å². The van der Waals surface area contributed by atoms with Gasteiger partial charge in [0.1, 0.15) is 23.4 Å².